The van der Waals surface area contributed by atoms with Crippen LogP contribution in [0.2, 0.25) is 0 Å². The summed E-state index contributed by atoms with van der Waals surface area (Å²) in [6, 6.07) is 8.39. The summed E-state index contributed by atoms with van der Waals surface area (Å²) in [4.78, 5) is 2.11. The van der Waals surface area contributed by atoms with Crippen LogP contribution in [0, 0.1) is 0 Å². The third-order valence-electron chi connectivity index (χ3n) is 3.26. The van der Waals surface area contributed by atoms with Gasteiger partial charge in [0.15, 0.2) is 0 Å². The van der Waals surface area contributed by atoms with E-state index in [2.05, 4.69) is 47.7 Å². The molecule has 1 fully saturated rings. The highest BCUT2D eigenvalue weighted by Gasteiger charge is 2.18. The largest absolute Gasteiger partial charge is 0.369 e. The zero-order valence-electron chi connectivity index (χ0n) is 10.9. The van der Waals surface area contributed by atoms with E-state index in [9.17, 15) is 8.42 Å². The van der Waals surface area contributed by atoms with Crippen molar-refractivity contribution in [1.29, 1.82) is 0 Å². The molecule has 0 bridgehead atoms. The van der Waals surface area contributed by atoms with Gasteiger partial charge in [-0.05, 0) is 23.6 Å². The number of hydrogen-bond donors (Lipinski definition) is 1. The minimum atomic E-state index is -3.07. The lowest BCUT2D eigenvalue weighted by Crippen LogP contribution is -2.28. The lowest BCUT2D eigenvalue weighted by Gasteiger charge is -2.22. The topological polar surface area (TPSA) is 49.4 Å². The number of nitrogens with one attached hydrogen (secondary N) is 1. The predicted octanol–water partition coefficient (Wildman–Crippen LogP) is 1.55. The van der Waals surface area contributed by atoms with E-state index in [4.69, 9.17) is 0 Å². The Morgan fingerprint density at radius 3 is 2.44 bits per heavy atom. The summed E-state index contributed by atoms with van der Waals surface area (Å²) in [5, 5.41) is 0. The summed E-state index contributed by atoms with van der Waals surface area (Å²) in [6.07, 6.45) is 0. The minimum absolute atomic E-state index is 0.166. The Morgan fingerprint density at radius 1 is 1.17 bits per heavy atom. The molecule has 0 aliphatic carbocycles. The molecule has 1 heterocycles. The van der Waals surface area contributed by atoms with Gasteiger partial charge < -0.3 is 4.90 Å². The van der Waals surface area contributed by atoms with Crippen LogP contribution in [0.1, 0.15) is 25.3 Å². The minimum Gasteiger partial charge on any atom is -0.369 e. The van der Waals surface area contributed by atoms with Crippen LogP contribution in [0.3, 0.4) is 0 Å². The lowest BCUT2D eigenvalue weighted by atomic mass is 10.0. The Balaban J connectivity index is 2.12. The highest BCUT2D eigenvalue weighted by Crippen LogP contribution is 2.20. The van der Waals surface area contributed by atoms with Crippen molar-refractivity contribution in [1.82, 2.24) is 4.72 Å². The summed E-state index contributed by atoms with van der Waals surface area (Å²) in [5.74, 6) is 0.684. The van der Waals surface area contributed by atoms with Crippen molar-refractivity contribution in [2.75, 3.05) is 30.3 Å². The van der Waals surface area contributed by atoms with Crippen molar-refractivity contribution in [3.8, 4) is 0 Å². The van der Waals surface area contributed by atoms with Gasteiger partial charge in [-0.15, -0.1) is 0 Å². The molecule has 0 radical (unpaired) electrons. The van der Waals surface area contributed by atoms with Crippen molar-refractivity contribution in [2.45, 2.75) is 19.8 Å². The van der Waals surface area contributed by atoms with Crippen molar-refractivity contribution < 1.29 is 8.42 Å². The van der Waals surface area contributed by atoms with Crippen molar-refractivity contribution in [2.24, 2.45) is 0 Å². The average Bonchev–Trinajstić information content (AvgIpc) is 2.50. The van der Waals surface area contributed by atoms with E-state index in [0.29, 0.717) is 19.0 Å². The van der Waals surface area contributed by atoms with Gasteiger partial charge in [0, 0.05) is 25.3 Å². The Labute approximate surface area is 109 Å². The molecule has 0 spiro atoms. The van der Waals surface area contributed by atoms with E-state index in [0.717, 1.165) is 12.2 Å². The molecule has 0 unspecified atom stereocenters. The molecule has 0 atom stereocenters. The normalized spacial score (nSPS) is 19.8. The second kappa shape index (κ2) is 5.28. The lowest BCUT2D eigenvalue weighted by molar-refractivity contribution is 0.586. The molecule has 1 aliphatic heterocycles. The molecule has 18 heavy (non-hydrogen) atoms. The molecular formula is C13H20N2O2S. The Morgan fingerprint density at radius 2 is 1.83 bits per heavy atom. The Bertz CT molecular complexity index is 494. The van der Waals surface area contributed by atoms with Crippen molar-refractivity contribution in [3.63, 3.8) is 0 Å². The highest BCUT2D eigenvalue weighted by atomic mass is 32.2. The van der Waals surface area contributed by atoms with Gasteiger partial charge >= 0.3 is 0 Å². The molecular weight excluding hydrogens is 248 g/mol. The van der Waals surface area contributed by atoms with Gasteiger partial charge in [0.25, 0.3) is 0 Å². The van der Waals surface area contributed by atoms with Gasteiger partial charge in [-0.25, -0.2) is 13.1 Å². The standard InChI is InChI=1S/C13H20N2O2S/c1-11(2)12-3-5-13(6-4-12)15-8-7-14-18(16,17)10-9-15/h3-6,11,14H,7-10H2,1-2H3. The molecule has 5 heteroatoms. The number of anilines is 1. The SMILES string of the molecule is CC(C)c1ccc(N2CCNS(=O)(=O)CC2)cc1. The first kappa shape index (κ1) is 13.4. The van der Waals surface area contributed by atoms with Crippen LogP contribution < -0.4 is 9.62 Å². The molecule has 0 aromatic heterocycles. The molecule has 4 nitrogen and oxygen atoms in total. The third kappa shape index (κ3) is 3.23. The van der Waals surface area contributed by atoms with Crippen molar-refractivity contribution in [3.05, 3.63) is 29.8 Å². The maximum Gasteiger partial charge on any atom is 0.213 e. The summed E-state index contributed by atoms with van der Waals surface area (Å²) in [5.41, 5.74) is 2.40. The van der Waals surface area contributed by atoms with Gasteiger partial charge in [-0.3, -0.25) is 0 Å². The Kier molecular flexibility index (Phi) is 3.92. The molecule has 100 valence electrons. The monoisotopic (exact) mass is 268 g/mol. The van der Waals surface area contributed by atoms with E-state index in [1.165, 1.54) is 5.56 Å². The first-order valence-corrected chi connectivity index (χ1v) is 7.95. The van der Waals surface area contributed by atoms with Crippen LogP contribution in [0.4, 0.5) is 5.69 Å². The first-order valence-electron chi connectivity index (χ1n) is 6.30. The molecule has 0 amide bonds. The van der Waals surface area contributed by atoms with E-state index in [-0.39, 0.29) is 5.75 Å². The quantitative estimate of drug-likeness (QED) is 0.885. The van der Waals surface area contributed by atoms with Gasteiger partial charge in [-0.1, -0.05) is 26.0 Å². The number of hydrogen-bond acceptors (Lipinski definition) is 3. The maximum atomic E-state index is 11.5. The van der Waals surface area contributed by atoms with Gasteiger partial charge in [0.1, 0.15) is 0 Å². The third-order valence-corrected chi connectivity index (χ3v) is 4.62. The molecule has 1 saturated heterocycles. The van der Waals surface area contributed by atoms with Gasteiger partial charge in [0.2, 0.25) is 10.0 Å². The molecule has 2 rings (SSSR count). The van der Waals surface area contributed by atoms with Crippen molar-refractivity contribution >= 4 is 15.7 Å². The average molecular weight is 268 g/mol. The number of rotatable bonds is 2. The molecule has 1 N–H and O–H groups in total. The molecule has 1 aromatic carbocycles. The molecule has 1 aliphatic rings. The second-order valence-corrected chi connectivity index (χ2v) is 6.87. The van der Waals surface area contributed by atoms with E-state index in [1.807, 2.05) is 0 Å². The fourth-order valence-corrected chi connectivity index (χ4v) is 3.09. The second-order valence-electron chi connectivity index (χ2n) is 4.95. The van der Waals surface area contributed by atoms with Gasteiger partial charge in [-0.2, -0.15) is 0 Å². The number of benzene rings is 1. The highest BCUT2D eigenvalue weighted by molar-refractivity contribution is 7.89. The maximum absolute atomic E-state index is 11.5. The van der Waals surface area contributed by atoms with Crippen LogP contribution in [0.5, 0.6) is 0 Å². The Hall–Kier alpha value is -1.07. The smallest absolute Gasteiger partial charge is 0.213 e. The number of sulfonamides is 1. The van der Waals surface area contributed by atoms with Crippen LogP contribution in [-0.4, -0.2) is 33.8 Å². The van der Waals surface area contributed by atoms with E-state index >= 15 is 0 Å². The summed E-state index contributed by atoms with van der Waals surface area (Å²) < 4.78 is 25.5. The molecule has 0 saturated carbocycles. The van der Waals surface area contributed by atoms with Crippen LogP contribution in [-0.2, 0) is 10.0 Å². The number of nitrogens with zero attached hydrogens (tertiary/aromatic N) is 1. The summed E-state index contributed by atoms with van der Waals surface area (Å²) in [6.45, 7) is 6.08. The van der Waals surface area contributed by atoms with E-state index in [1.54, 1.807) is 0 Å². The fourth-order valence-electron chi connectivity index (χ4n) is 2.08. The molecule has 1 aromatic rings. The van der Waals surface area contributed by atoms with Gasteiger partial charge in [0.05, 0.1) is 5.75 Å². The van der Waals surface area contributed by atoms with Crippen LogP contribution in [0.15, 0.2) is 24.3 Å². The zero-order valence-corrected chi connectivity index (χ0v) is 11.7. The zero-order chi connectivity index (χ0) is 13.2. The predicted molar refractivity (Wildman–Crippen MR) is 74.5 cm³/mol. The van der Waals surface area contributed by atoms with E-state index < -0.39 is 10.0 Å². The fraction of sp³-hybridized carbons (Fsp3) is 0.538. The van der Waals surface area contributed by atoms with Crippen LogP contribution >= 0.6 is 0 Å². The summed E-state index contributed by atoms with van der Waals surface area (Å²) >= 11 is 0. The summed E-state index contributed by atoms with van der Waals surface area (Å²) in [7, 11) is -3.07. The first-order chi connectivity index (χ1) is 8.48. The van der Waals surface area contributed by atoms with Crippen LogP contribution in [0.25, 0.3) is 0 Å².